The van der Waals surface area contributed by atoms with Gasteiger partial charge in [0.2, 0.25) is 0 Å². The molecule has 4 nitrogen and oxygen atoms in total. The smallest absolute Gasteiger partial charge is 0.121 e. The number of morpholine rings is 1. The average Bonchev–Trinajstić information content (AvgIpc) is 2.90. The van der Waals surface area contributed by atoms with Gasteiger partial charge < -0.3 is 18.9 Å². The Kier molecular flexibility index (Phi) is 4.04. The quantitative estimate of drug-likeness (QED) is 0.748. The third-order valence-electron chi connectivity index (χ3n) is 5.28. The Morgan fingerprint density at radius 3 is 2.12 bits per heavy atom. The van der Waals surface area contributed by atoms with E-state index in [4.69, 9.17) is 4.74 Å². The van der Waals surface area contributed by atoms with Crippen LogP contribution >= 0.6 is 0 Å². The highest BCUT2D eigenvalue weighted by molar-refractivity contribution is 6.07. The van der Waals surface area contributed by atoms with Crippen molar-refractivity contribution in [1.82, 2.24) is 4.57 Å². The molecule has 1 aliphatic rings. The Balaban J connectivity index is 1.65. The summed E-state index contributed by atoms with van der Waals surface area (Å²) in [5.41, 5.74) is 2.39. The molecule has 24 heavy (non-hydrogen) atoms. The lowest BCUT2D eigenvalue weighted by Crippen LogP contribution is -2.55. The maximum Gasteiger partial charge on any atom is 0.121 e. The zero-order valence-corrected chi connectivity index (χ0v) is 14.2. The highest BCUT2D eigenvalue weighted by Crippen LogP contribution is 2.29. The van der Waals surface area contributed by atoms with Crippen LogP contribution in [0.3, 0.4) is 0 Å². The summed E-state index contributed by atoms with van der Waals surface area (Å²) in [6, 6.07) is 16.9. The third-order valence-corrected chi connectivity index (χ3v) is 5.28. The number of benzene rings is 2. The molecule has 126 valence electrons. The Hall–Kier alpha value is -1.88. The van der Waals surface area contributed by atoms with Gasteiger partial charge in [0.15, 0.2) is 0 Å². The molecule has 0 spiro atoms. The van der Waals surface area contributed by atoms with Crippen molar-refractivity contribution in [2.45, 2.75) is 12.6 Å². The number of aliphatic hydroxyl groups is 1. The van der Waals surface area contributed by atoms with Crippen molar-refractivity contribution in [1.29, 1.82) is 0 Å². The molecule has 1 saturated heterocycles. The molecule has 0 amide bonds. The van der Waals surface area contributed by atoms with Crippen molar-refractivity contribution in [3.63, 3.8) is 0 Å². The van der Waals surface area contributed by atoms with Crippen LogP contribution in [-0.4, -0.2) is 60.2 Å². The molecular weight excluding hydrogens is 300 g/mol. The van der Waals surface area contributed by atoms with E-state index in [-0.39, 0.29) is 6.10 Å². The highest BCUT2D eigenvalue weighted by atomic mass is 16.5. The molecule has 1 aliphatic heterocycles. The SMILES string of the molecule is C[N+]1(C[C@@H](O)Cn2c3ccccc3c3ccccc32)CCOCC1. The summed E-state index contributed by atoms with van der Waals surface area (Å²) < 4.78 is 8.62. The standard InChI is InChI=1S/C20H25N2O2/c1-22(10-12-24-13-11-22)15-16(23)14-21-19-8-4-2-6-17(19)18-7-3-5-9-20(18)21/h2-9,16,23H,10-15H2,1H3/q+1/t16-/m0/s1. The summed E-state index contributed by atoms with van der Waals surface area (Å²) in [5.74, 6) is 0. The first kappa shape index (κ1) is 15.6. The first-order valence-corrected chi connectivity index (χ1v) is 8.72. The average molecular weight is 325 g/mol. The highest BCUT2D eigenvalue weighted by Gasteiger charge is 2.28. The number of hydrogen-bond acceptors (Lipinski definition) is 2. The first-order valence-electron chi connectivity index (χ1n) is 8.72. The largest absolute Gasteiger partial charge is 0.385 e. The van der Waals surface area contributed by atoms with Crippen molar-refractivity contribution in [2.75, 3.05) is 39.9 Å². The minimum Gasteiger partial charge on any atom is -0.385 e. The first-order chi connectivity index (χ1) is 11.7. The van der Waals surface area contributed by atoms with Crippen LogP contribution in [0, 0.1) is 0 Å². The molecule has 0 saturated carbocycles. The van der Waals surface area contributed by atoms with Gasteiger partial charge in [-0.05, 0) is 12.1 Å². The fourth-order valence-electron chi connectivity index (χ4n) is 3.94. The van der Waals surface area contributed by atoms with E-state index in [9.17, 15) is 5.11 Å². The second-order valence-corrected chi connectivity index (χ2v) is 7.16. The van der Waals surface area contributed by atoms with Gasteiger partial charge in [-0.1, -0.05) is 36.4 Å². The molecule has 1 aromatic heterocycles. The molecule has 4 rings (SSSR count). The van der Waals surface area contributed by atoms with E-state index in [0.29, 0.717) is 6.54 Å². The number of para-hydroxylation sites is 2. The number of ether oxygens (including phenoxy) is 1. The molecule has 0 unspecified atom stereocenters. The van der Waals surface area contributed by atoms with E-state index in [1.165, 1.54) is 21.8 Å². The summed E-state index contributed by atoms with van der Waals surface area (Å²) in [6.07, 6.45) is -0.368. The van der Waals surface area contributed by atoms with Crippen molar-refractivity contribution in [2.24, 2.45) is 0 Å². The summed E-state index contributed by atoms with van der Waals surface area (Å²) in [7, 11) is 2.22. The molecule has 2 aromatic carbocycles. The maximum atomic E-state index is 10.8. The van der Waals surface area contributed by atoms with Crippen LogP contribution in [0.25, 0.3) is 21.8 Å². The van der Waals surface area contributed by atoms with E-state index < -0.39 is 0 Å². The number of nitrogens with zero attached hydrogens (tertiary/aromatic N) is 2. The van der Waals surface area contributed by atoms with Gasteiger partial charge in [-0.2, -0.15) is 0 Å². The number of fused-ring (bicyclic) bond motifs is 3. The number of hydrogen-bond donors (Lipinski definition) is 1. The lowest BCUT2D eigenvalue weighted by atomic mass is 10.2. The Bertz CT molecular complexity index is 796. The van der Waals surface area contributed by atoms with Gasteiger partial charge in [0, 0.05) is 21.8 Å². The summed E-state index contributed by atoms with van der Waals surface area (Å²) in [4.78, 5) is 0. The van der Waals surface area contributed by atoms with E-state index in [2.05, 4.69) is 60.1 Å². The van der Waals surface area contributed by atoms with Crippen LogP contribution in [0.2, 0.25) is 0 Å². The van der Waals surface area contributed by atoms with Crippen LogP contribution in [0.15, 0.2) is 48.5 Å². The zero-order chi connectivity index (χ0) is 16.6. The minimum atomic E-state index is -0.368. The number of aliphatic hydroxyl groups excluding tert-OH is 1. The predicted molar refractivity (Wildman–Crippen MR) is 97.1 cm³/mol. The Labute approximate surface area is 142 Å². The van der Waals surface area contributed by atoms with E-state index >= 15 is 0 Å². The fourth-order valence-corrected chi connectivity index (χ4v) is 3.94. The zero-order valence-electron chi connectivity index (χ0n) is 14.2. The van der Waals surface area contributed by atoms with Crippen molar-refractivity contribution < 1.29 is 14.3 Å². The van der Waals surface area contributed by atoms with Crippen LogP contribution in [0.4, 0.5) is 0 Å². The molecule has 0 radical (unpaired) electrons. The fraction of sp³-hybridized carbons (Fsp3) is 0.400. The molecule has 1 N–H and O–H groups in total. The molecule has 2 heterocycles. The van der Waals surface area contributed by atoms with Crippen LogP contribution in [0.1, 0.15) is 0 Å². The van der Waals surface area contributed by atoms with Crippen LogP contribution in [-0.2, 0) is 11.3 Å². The topological polar surface area (TPSA) is 34.4 Å². The molecule has 0 bridgehead atoms. The van der Waals surface area contributed by atoms with E-state index in [1.54, 1.807) is 0 Å². The molecular formula is C20H25N2O2+. The predicted octanol–water partition coefficient (Wildman–Crippen LogP) is 2.63. The van der Waals surface area contributed by atoms with Gasteiger partial charge in [0.25, 0.3) is 0 Å². The minimum absolute atomic E-state index is 0.368. The van der Waals surface area contributed by atoms with Crippen molar-refractivity contribution >= 4 is 21.8 Å². The summed E-state index contributed by atoms with van der Waals surface area (Å²) in [6.45, 7) is 4.93. The molecule has 4 heteroatoms. The van der Waals surface area contributed by atoms with Gasteiger partial charge in [0.1, 0.15) is 25.7 Å². The number of likely N-dealkylation sites (N-methyl/N-ethyl adjacent to an activating group) is 1. The number of rotatable bonds is 4. The van der Waals surface area contributed by atoms with Crippen LogP contribution in [0.5, 0.6) is 0 Å². The summed E-state index contributed by atoms with van der Waals surface area (Å²) >= 11 is 0. The monoisotopic (exact) mass is 325 g/mol. The van der Waals surface area contributed by atoms with E-state index in [0.717, 1.165) is 37.3 Å². The Morgan fingerprint density at radius 2 is 1.54 bits per heavy atom. The van der Waals surface area contributed by atoms with Gasteiger partial charge >= 0.3 is 0 Å². The van der Waals surface area contributed by atoms with Gasteiger partial charge in [-0.25, -0.2) is 0 Å². The van der Waals surface area contributed by atoms with Gasteiger partial charge in [-0.15, -0.1) is 0 Å². The van der Waals surface area contributed by atoms with Crippen LogP contribution < -0.4 is 0 Å². The second-order valence-electron chi connectivity index (χ2n) is 7.16. The lowest BCUT2D eigenvalue weighted by molar-refractivity contribution is -0.919. The Morgan fingerprint density at radius 1 is 1.00 bits per heavy atom. The number of aromatic nitrogens is 1. The number of quaternary nitrogens is 1. The summed E-state index contributed by atoms with van der Waals surface area (Å²) in [5, 5.41) is 13.3. The second kappa shape index (κ2) is 6.20. The normalized spacial score (nSPS) is 18.9. The van der Waals surface area contributed by atoms with Gasteiger partial charge in [0.05, 0.1) is 26.8 Å². The lowest BCUT2D eigenvalue weighted by Gasteiger charge is -2.39. The van der Waals surface area contributed by atoms with Gasteiger partial charge in [-0.3, -0.25) is 0 Å². The maximum absolute atomic E-state index is 10.8. The van der Waals surface area contributed by atoms with Crippen molar-refractivity contribution in [3.05, 3.63) is 48.5 Å². The molecule has 0 aliphatic carbocycles. The molecule has 1 atom stereocenters. The third kappa shape index (κ3) is 2.81. The van der Waals surface area contributed by atoms with E-state index in [1.807, 2.05) is 0 Å². The molecule has 3 aromatic rings. The van der Waals surface area contributed by atoms with Crippen molar-refractivity contribution in [3.8, 4) is 0 Å². The molecule has 1 fully saturated rings.